The number of nitrogen functional groups attached to an aromatic ring is 1. The van der Waals surface area contributed by atoms with Gasteiger partial charge in [-0.1, -0.05) is 18.2 Å². The molecule has 34 heavy (non-hydrogen) atoms. The average Bonchev–Trinajstić information content (AvgIpc) is 2.75. The Bertz CT molecular complexity index is 1160. The number of hydroxylamine groups is 1. The second-order valence-corrected chi connectivity index (χ2v) is 9.20. The summed E-state index contributed by atoms with van der Waals surface area (Å²) in [6.45, 7) is -1.12. The van der Waals surface area contributed by atoms with Crippen molar-refractivity contribution in [2.45, 2.75) is 17.2 Å². The van der Waals surface area contributed by atoms with E-state index in [4.69, 9.17) is 21.7 Å². The van der Waals surface area contributed by atoms with Crippen molar-refractivity contribution in [3.05, 3.63) is 53.3 Å². The Morgan fingerprint density at radius 2 is 1.88 bits per heavy atom. The number of anilines is 2. The minimum Gasteiger partial charge on any atom is -0.398 e. The molecule has 0 heterocycles. The number of carbonyl (C=O) groups is 1. The zero-order valence-corrected chi connectivity index (χ0v) is 18.9. The molecule has 186 valence electrons. The van der Waals surface area contributed by atoms with Crippen LogP contribution in [0.3, 0.4) is 0 Å². The van der Waals surface area contributed by atoms with E-state index in [1.165, 1.54) is 18.2 Å². The quantitative estimate of drug-likeness (QED) is 0.0871. The predicted molar refractivity (Wildman–Crippen MR) is 120 cm³/mol. The first-order valence-corrected chi connectivity index (χ1v) is 11.7. The first kappa shape index (κ1) is 26.7. The molecule has 0 radical (unpaired) electrons. The van der Waals surface area contributed by atoms with Gasteiger partial charge in [-0.05, 0) is 18.2 Å². The van der Waals surface area contributed by atoms with Crippen LogP contribution in [0.1, 0.15) is 11.1 Å². The van der Waals surface area contributed by atoms with Gasteiger partial charge >= 0.3 is 0 Å². The highest BCUT2D eigenvalue weighted by molar-refractivity contribution is 7.90. The Morgan fingerprint density at radius 3 is 2.53 bits per heavy atom. The first-order valence-electron chi connectivity index (χ1n) is 9.79. The minimum absolute atomic E-state index is 0.0184. The third-order valence-electron chi connectivity index (χ3n) is 4.51. The Hall–Kier alpha value is -3.52. The van der Waals surface area contributed by atoms with Crippen LogP contribution in [0, 0.1) is 11.2 Å². The van der Waals surface area contributed by atoms with Crippen LogP contribution in [-0.2, 0) is 31.8 Å². The van der Waals surface area contributed by atoms with E-state index in [0.29, 0.717) is 0 Å². The highest BCUT2D eigenvalue weighted by Crippen LogP contribution is 2.34. The van der Waals surface area contributed by atoms with Gasteiger partial charge in [0.1, 0.15) is 0 Å². The van der Waals surface area contributed by atoms with Crippen LogP contribution < -0.4 is 27.6 Å². The van der Waals surface area contributed by atoms with Crippen LogP contribution in [0.15, 0.2) is 41.3 Å². The van der Waals surface area contributed by atoms with Crippen LogP contribution in [0.2, 0.25) is 0 Å². The summed E-state index contributed by atoms with van der Waals surface area (Å²) in [4.78, 5) is 16.3. The van der Waals surface area contributed by atoms with Gasteiger partial charge in [0.25, 0.3) is 5.92 Å². The topological polar surface area (TPSA) is 172 Å². The van der Waals surface area contributed by atoms with Gasteiger partial charge in [-0.2, -0.15) is 8.78 Å². The number of benzene rings is 2. The number of nitrogens with two attached hydrogens (primary N) is 2. The molecule has 0 saturated carbocycles. The number of hydrogen-bond donors (Lipinski definition) is 6. The molecule has 0 unspecified atom stereocenters. The van der Waals surface area contributed by atoms with E-state index in [-0.39, 0.29) is 30.1 Å². The lowest BCUT2D eigenvalue weighted by Gasteiger charge is -2.21. The summed E-state index contributed by atoms with van der Waals surface area (Å²) in [5.41, 5.74) is 11.5. The van der Waals surface area contributed by atoms with Crippen molar-refractivity contribution in [2.24, 2.45) is 5.73 Å². The third-order valence-corrected chi connectivity index (χ3v) is 5.66. The summed E-state index contributed by atoms with van der Waals surface area (Å²) in [6, 6.07) is 7.07. The monoisotopic (exact) mass is 502 g/mol. The molecule has 0 bridgehead atoms. The second kappa shape index (κ2) is 11.1. The maximum absolute atomic E-state index is 14.9. The summed E-state index contributed by atoms with van der Waals surface area (Å²) in [6.07, 6.45) is 0.346. The lowest BCUT2D eigenvalue weighted by molar-refractivity contribution is -0.120. The molecule has 0 atom stereocenters. The van der Waals surface area contributed by atoms with E-state index in [2.05, 4.69) is 16.1 Å². The van der Waals surface area contributed by atoms with Gasteiger partial charge in [-0.3, -0.25) is 15.0 Å². The highest BCUT2D eigenvalue weighted by atomic mass is 32.2. The standard InChI is InChI=1S/C20H25F3N6O4S/c1-34(31,32)16-5-3-2-4-13(16)20(22,23)11-28-15-7-6-14(24)12(18(15)21)10-17(30)27-8-9-33-29-19(25)26/h2-7,28H,8-11,24H2,1H3,(H,27,30)(H4,25,26,29). The first-order chi connectivity index (χ1) is 15.8. The van der Waals surface area contributed by atoms with Crippen molar-refractivity contribution < 1.29 is 31.2 Å². The summed E-state index contributed by atoms with van der Waals surface area (Å²) in [7, 11) is -3.92. The zero-order chi connectivity index (χ0) is 25.5. The molecule has 14 heteroatoms. The molecule has 0 aliphatic heterocycles. The largest absolute Gasteiger partial charge is 0.398 e. The van der Waals surface area contributed by atoms with E-state index in [9.17, 15) is 26.4 Å². The molecule has 0 aromatic heterocycles. The van der Waals surface area contributed by atoms with Gasteiger partial charge in [0.2, 0.25) is 11.9 Å². The SMILES string of the molecule is CS(=O)(=O)c1ccccc1C(F)(F)CNc1ccc(N)c(CC(=O)NCCONC(=N)N)c1F. The molecule has 0 fully saturated rings. The van der Waals surface area contributed by atoms with E-state index >= 15 is 0 Å². The maximum atomic E-state index is 14.9. The summed E-state index contributed by atoms with van der Waals surface area (Å²) < 4.78 is 68.3. The van der Waals surface area contributed by atoms with Crippen molar-refractivity contribution in [1.29, 1.82) is 5.41 Å². The van der Waals surface area contributed by atoms with Crippen molar-refractivity contribution in [2.75, 3.05) is 37.0 Å². The van der Waals surface area contributed by atoms with E-state index in [1.807, 2.05) is 0 Å². The van der Waals surface area contributed by atoms with Crippen molar-refractivity contribution in [3.8, 4) is 0 Å². The lowest BCUT2D eigenvalue weighted by atomic mass is 10.1. The maximum Gasteiger partial charge on any atom is 0.291 e. The number of rotatable bonds is 11. The zero-order valence-electron chi connectivity index (χ0n) is 18.1. The fraction of sp³-hybridized carbons (Fsp3) is 0.300. The molecule has 2 aromatic rings. The third kappa shape index (κ3) is 7.25. The van der Waals surface area contributed by atoms with Crippen LogP contribution in [0.4, 0.5) is 24.5 Å². The molecule has 0 aliphatic carbocycles. The summed E-state index contributed by atoms with van der Waals surface area (Å²) >= 11 is 0. The molecule has 0 spiro atoms. The molecule has 0 saturated heterocycles. The number of sulfone groups is 1. The lowest BCUT2D eigenvalue weighted by Crippen LogP contribution is -2.35. The van der Waals surface area contributed by atoms with Gasteiger partial charge in [0.15, 0.2) is 15.7 Å². The van der Waals surface area contributed by atoms with Gasteiger partial charge in [0.05, 0.1) is 30.2 Å². The second-order valence-electron chi connectivity index (χ2n) is 7.21. The average molecular weight is 503 g/mol. The fourth-order valence-corrected chi connectivity index (χ4v) is 3.88. The Balaban J connectivity index is 2.10. The van der Waals surface area contributed by atoms with E-state index in [1.54, 1.807) is 0 Å². The number of guanidine groups is 1. The van der Waals surface area contributed by atoms with Crippen LogP contribution >= 0.6 is 0 Å². The Kier molecular flexibility index (Phi) is 8.70. The number of nitrogens with one attached hydrogen (secondary N) is 4. The number of hydrogen-bond acceptors (Lipinski definition) is 7. The molecule has 2 aromatic carbocycles. The van der Waals surface area contributed by atoms with E-state index in [0.717, 1.165) is 24.5 Å². The van der Waals surface area contributed by atoms with Crippen molar-refractivity contribution in [3.63, 3.8) is 0 Å². The number of alkyl halides is 2. The molecule has 10 nitrogen and oxygen atoms in total. The molecule has 8 N–H and O–H groups in total. The smallest absolute Gasteiger partial charge is 0.291 e. The number of halogens is 3. The van der Waals surface area contributed by atoms with Crippen LogP contribution in [0.25, 0.3) is 0 Å². The van der Waals surface area contributed by atoms with Gasteiger partial charge in [-0.15, -0.1) is 0 Å². The molecule has 2 rings (SSSR count). The minimum atomic E-state index is -3.92. The molecular weight excluding hydrogens is 477 g/mol. The number of carbonyl (C=O) groups excluding carboxylic acids is 1. The van der Waals surface area contributed by atoms with Crippen LogP contribution in [-0.4, -0.2) is 46.2 Å². The normalized spacial score (nSPS) is 11.6. The summed E-state index contributed by atoms with van der Waals surface area (Å²) in [5, 5.41) is 11.6. The molecule has 1 amide bonds. The van der Waals surface area contributed by atoms with Crippen LogP contribution in [0.5, 0.6) is 0 Å². The Morgan fingerprint density at radius 1 is 1.21 bits per heavy atom. The number of amides is 1. The van der Waals surface area contributed by atoms with Gasteiger partial charge < -0.3 is 22.1 Å². The summed E-state index contributed by atoms with van der Waals surface area (Å²) in [5.74, 6) is -5.67. The molecular formula is C20H25F3N6O4S. The van der Waals surface area contributed by atoms with Gasteiger partial charge in [-0.25, -0.2) is 18.3 Å². The molecule has 0 aliphatic rings. The van der Waals surface area contributed by atoms with Crippen molar-refractivity contribution >= 4 is 33.1 Å². The Labute approximate surface area is 194 Å². The van der Waals surface area contributed by atoms with Crippen molar-refractivity contribution in [1.82, 2.24) is 10.8 Å². The highest BCUT2D eigenvalue weighted by Gasteiger charge is 2.36. The predicted octanol–water partition coefficient (Wildman–Crippen LogP) is 1.09. The van der Waals surface area contributed by atoms with Gasteiger partial charge in [0, 0.05) is 29.6 Å². The van der Waals surface area contributed by atoms with E-state index < -0.39 is 56.9 Å². The fourth-order valence-electron chi connectivity index (χ4n) is 2.94.